The van der Waals surface area contributed by atoms with Crippen molar-refractivity contribution in [2.24, 2.45) is 0 Å². The lowest BCUT2D eigenvalue weighted by molar-refractivity contribution is -0.140. The summed E-state index contributed by atoms with van der Waals surface area (Å²) in [6.07, 6.45) is -4.74. The third-order valence-corrected chi connectivity index (χ3v) is 8.40. The number of hydrogen-bond donors (Lipinski definition) is 1. The molecule has 0 aliphatic rings. The Hall–Kier alpha value is -3.86. The van der Waals surface area contributed by atoms with Gasteiger partial charge in [0.25, 0.3) is 10.0 Å². The molecule has 1 N–H and O–H groups in total. The van der Waals surface area contributed by atoms with Gasteiger partial charge in [0.05, 0.1) is 16.1 Å². The first-order valence-electron chi connectivity index (χ1n) is 13.3. The molecule has 3 rings (SSSR count). The molecule has 0 fully saturated rings. The highest BCUT2D eigenvalue weighted by Crippen LogP contribution is 2.33. The molecule has 7 nitrogen and oxygen atoms in total. The average molecular weight is 604 g/mol. The molecule has 0 aliphatic carbocycles. The predicted molar refractivity (Wildman–Crippen MR) is 156 cm³/mol. The van der Waals surface area contributed by atoms with E-state index in [1.807, 2.05) is 19.1 Å². The Labute approximate surface area is 245 Å². The van der Waals surface area contributed by atoms with Crippen molar-refractivity contribution in [2.75, 3.05) is 10.8 Å². The van der Waals surface area contributed by atoms with E-state index in [2.05, 4.69) is 5.32 Å². The van der Waals surface area contributed by atoms with Crippen LogP contribution in [-0.2, 0) is 32.3 Å². The first-order valence-corrected chi connectivity index (χ1v) is 14.8. The van der Waals surface area contributed by atoms with Crippen LogP contribution in [0.4, 0.5) is 18.9 Å². The summed E-state index contributed by atoms with van der Waals surface area (Å²) >= 11 is 0. The van der Waals surface area contributed by atoms with E-state index in [1.54, 1.807) is 52.0 Å². The van der Waals surface area contributed by atoms with Crippen LogP contribution in [-0.4, -0.2) is 43.3 Å². The number of nitrogens with zero attached hydrogens (tertiary/aromatic N) is 2. The minimum atomic E-state index is -4.74. The van der Waals surface area contributed by atoms with Crippen LogP contribution in [0.25, 0.3) is 0 Å². The van der Waals surface area contributed by atoms with Crippen molar-refractivity contribution in [2.45, 2.75) is 70.7 Å². The highest BCUT2D eigenvalue weighted by molar-refractivity contribution is 7.92. The Morgan fingerprint density at radius 2 is 1.52 bits per heavy atom. The number of aryl methyl sites for hydroxylation is 2. The van der Waals surface area contributed by atoms with E-state index in [1.165, 1.54) is 30.0 Å². The number of carbonyl (C=O) groups is 2. The SMILES string of the molecule is Cc1ccc(S(=O)(=O)N(CC(=O)N(Cc2ccccc2C)[C@@H](C)C(=O)NC(C)(C)C)c2cccc(C(F)(F)F)c2)cc1. The second kappa shape index (κ2) is 12.6. The fourth-order valence-electron chi connectivity index (χ4n) is 4.23. The number of amides is 2. The third kappa shape index (κ3) is 8.12. The zero-order chi connectivity index (χ0) is 31.5. The van der Waals surface area contributed by atoms with E-state index in [0.717, 1.165) is 28.8 Å². The molecule has 0 aliphatic heterocycles. The van der Waals surface area contributed by atoms with Crippen molar-refractivity contribution in [3.05, 3.63) is 95.1 Å². The van der Waals surface area contributed by atoms with Crippen molar-refractivity contribution < 1.29 is 31.2 Å². The minimum Gasteiger partial charge on any atom is -0.350 e. The summed E-state index contributed by atoms with van der Waals surface area (Å²) in [6.45, 7) is 9.63. The summed E-state index contributed by atoms with van der Waals surface area (Å²) in [6, 6.07) is 15.8. The highest BCUT2D eigenvalue weighted by atomic mass is 32.2. The summed E-state index contributed by atoms with van der Waals surface area (Å²) in [5, 5.41) is 2.84. The predicted octanol–water partition coefficient (Wildman–Crippen LogP) is 5.85. The highest BCUT2D eigenvalue weighted by Gasteiger charge is 2.35. The molecule has 0 spiro atoms. The maximum atomic E-state index is 14.0. The van der Waals surface area contributed by atoms with Crippen LogP contribution >= 0.6 is 0 Å². The summed E-state index contributed by atoms with van der Waals surface area (Å²) in [7, 11) is -4.50. The standard InChI is InChI=1S/C31H36F3N3O4S/c1-21-14-16-27(17-15-21)42(40,41)37(26-13-9-12-25(18-26)31(32,33)34)20-28(38)36(19-24-11-8-7-10-22(24)2)23(3)29(39)35-30(4,5)6/h7-18,23H,19-20H2,1-6H3,(H,35,39)/t23-/m0/s1. The molecule has 0 saturated heterocycles. The van der Waals surface area contributed by atoms with Crippen molar-refractivity contribution in [3.63, 3.8) is 0 Å². The Morgan fingerprint density at radius 1 is 0.905 bits per heavy atom. The van der Waals surface area contributed by atoms with Crippen LogP contribution in [0.1, 0.15) is 49.9 Å². The first-order chi connectivity index (χ1) is 19.4. The zero-order valence-electron chi connectivity index (χ0n) is 24.5. The summed E-state index contributed by atoms with van der Waals surface area (Å²) in [5.41, 5.74) is 0.349. The summed E-state index contributed by atoms with van der Waals surface area (Å²) in [4.78, 5) is 28.2. The largest absolute Gasteiger partial charge is 0.416 e. The maximum absolute atomic E-state index is 14.0. The smallest absolute Gasteiger partial charge is 0.350 e. The van der Waals surface area contributed by atoms with Gasteiger partial charge in [0.1, 0.15) is 12.6 Å². The molecule has 0 bridgehead atoms. The average Bonchev–Trinajstić information content (AvgIpc) is 2.89. The van der Waals surface area contributed by atoms with Gasteiger partial charge in [0, 0.05) is 12.1 Å². The molecular formula is C31H36F3N3O4S. The monoisotopic (exact) mass is 603 g/mol. The second-order valence-electron chi connectivity index (χ2n) is 11.2. The number of hydrogen-bond acceptors (Lipinski definition) is 4. The molecule has 0 aromatic heterocycles. The van der Waals surface area contributed by atoms with Crippen LogP contribution in [0, 0.1) is 13.8 Å². The zero-order valence-corrected chi connectivity index (χ0v) is 25.3. The van der Waals surface area contributed by atoms with Crippen molar-refractivity contribution >= 4 is 27.5 Å². The molecule has 0 unspecified atom stereocenters. The van der Waals surface area contributed by atoms with E-state index in [4.69, 9.17) is 0 Å². The number of alkyl halides is 3. The third-order valence-electron chi connectivity index (χ3n) is 6.62. The lowest BCUT2D eigenvalue weighted by Gasteiger charge is -2.34. The van der Waals surface area contributed by atoms with Crippen molar-refractivity contribution in [1.29, 1.82) is 0 Å². The number of benzene rings is 3. The van der Waals surface area contributed by atoms with Gasteiger partial charge in [-0.05, 0) is 83.0 Å². The van der Waals surface area contributed by atoms with E-state index < -0.39 is 51.7 Å². The van der Waals surface area contributed by atoms with Gasteiger partial charge < -0.3 is 10.2 Å². The van der Waals surface area contributed by atoms with Gasteiger partial charge >= 0.3 is 6.18 Å². The van der Waals surface area contributed by atoms with Crippen molar-refractivity contribution in [1.82, 2.24) is 10.2 Å². The molecule has 42 heavy (non-hydrogen) atoms. The Bertz CT molecular complexity index is 1530. The molecule has 1 atom stereocenters. The van der Waals surface area contributed by atoms with Crippen LogP contribution in [0.2, 0.25) is 0 Å². The van der Waals surface area contributed by atoms with Crippen LogP contribution in [0.5, 0.6) is 0 Å². The van der Waals surface area contributed by atoms with E-state index in [0.29, 0.717) is 10.4 Å². The quantitative estimate of drug-likeness (QED) is 0.333. The Morgan fingerprint density at radius 3 is 2.10 bits per heavy atom. The maximum Gasteiger partial charge on any atom is 0.416 e. The number of carbonyl (C=O) groups excluding carboxylic acids is 2. The topological polar surface area (TPSA) is 86.8 Å². The van der Waals surface area contributed by atoms with Gasteiger partial charge in [0.2, 0.25) is 11.8 Å². The molecule has 0 saturated carbocycles. The molecule has 2 amide bonds. The minimum absolute atomic E-state index is 0.0226. The molecular weight excluding hydrogens is 567 g/mol. The van der Waals surface area contributed by atoms with Crippen molar-refractivity contribution in [3.8, 4) is 0 Å². The molecule has 0 heterocycles. The number of anilines is 1. The molecule has 3 aromatic carbocycles. The van der Waals surface area contributed by atoms with Crippen LogP contribution in [0.15, 0.2) is 77.7 Å². The lowest BCUT2D eigenvalue weighted by atomic mass is 10.1. The van der Waals surface area contributed by atoms with Gasteiger partial charge in [-0.1, -0.05) is 48.0 Å². The van der Waals surface area contributed by atoms with Crippen LogP contribution < -0.4 is 9.62 Å². The molecule has 3 aromatic rings. The van der Waals surface area contributed by atoms with E-state index in [9.17, 15) is 31.2 Å². The van der Waals surface area contributed by atoms with Gasteiger partial charge in [0.15, 0.2) is 0 Å². The fraction of sp³-hybridized carbons (Fsp3) is 0.355. The summed E-state index contributed by atoms with van der Waals surface area (Å²) in [5.74, 6) is -1.22. The lowest BCUT2D eigenvalue weighted by Crippen LogP contribution is -2.54. The van der Waals surface area contributed by atoms with Gasteiger partial charge in [-0.3, -0.25) is 13.9 Å². The summed E-state index contributed by atoms with van der Waals surface area (Å²) < 4.78 is 69.2. The molecule has 0 radical (unpaired) electrons. The number of halogens is 3. The first kappa shape index (κ1) is 32.7. The second-order valence-corrected chi connectivity index (χ2v) is 13.1. The van der Waals surface area contributed by atoms with Gasteiger partial charge in [-0.15, -0.1) is 0 Å². The van der Waals surface area contributed by atoms with Crippen LogP contribution in [0.3, 0.4) is 0 Å². The number of rotatable bonds is 9. The normalized spacial score (nSPS) is 12.9. The Kier molecular flexibility index (Phi) is 9.77. The van der Waals surface area contributed by atoms with E-state index in [-0.39, 0.29) is 17.1 Å². The van der Waals surface area contributed by atoms with Gasteiger partial charge in [-0.2, -0.15) is 13.2 Å². The van der Waals surface area contributed by atoms with E-state index >= 15 is 0 Å². The Balaban J connectivity index is 2.11. The van der Waals surface area contributed by atoms with Gasteiger partial charge in [-0.25, -0.2) is 8.42 Å². The fourth-order valence-corrected chi connectivity index (χ4v) is 5.64. The molecule has 11 heteroatoms. The number of nitrogens with one attached hydrogen (secondary N) is 1. The number of sulfonamides is 1. The molecule has 226 valence electrons.